The van der Waals surface area contributed by atoms with Crippen molar-refractivity contribution in [2.75, 3.05) is 24.6 Å². The second-order valence-electron chi connectivity index (χ2n) is 5.96. The third-order valence-electron chi connectivity index (χ3n) is 4.36. The number of hydrogen-bond donors (Lipinski definition) is 0. The van der Waals surface area contributed by atoms with Gasteiger partial charge in [-0.25, -0.2) is 9.97 Å². The Morgan fingerprint density at radius 3 is 2.96 bits per heavy atom. The van der Waals surface area contributed by atoms with Gasteiger partial charge in [0.25, 0.3) is 0 Å². The number of anilines is 1. The minimum absolute atomic E-state index is 0.511. The van der Waals surface area contributed by atoms with Crippen molar-refractivity contribution in [1.82, 2.24) is 19.5 Å². The molecule has 3 aromatic rings. The minimum atomic E-state index is 0.511. The summed E-state index contributed by atoms with van der Waals surface area (Å²) in [5.41, 5.74) is 0.978. The Labute approximate surface area is 134 Å². The monoisotopic (exact) mass is 309 g/mol. The molecule has 4 rings (SSSR count). The van der Waals surface area contributed by atoms with E-state index in [0.29, 0.717) is 5.92 Å². The first-order valence-electron chi connectivity index (χ1n) is 7.85. The molecule has 1 unspecified atom stereocenters. The van der Waals surface area contributed by atoms with Crippen LogP contribution in [0.2, 0.25) is 0 Å². The zero-order chi connectivity index (χ0) is 15.6. The van der Waals surface area contributed by atoms with E-state index in [9.17, 15) is 0 Å². The number of nitrogens with zero attached hydrogens (tertiary/aromatic N) is 5. The summed E-state index contributed by atoms with van der Waals surface area (Å²) in [6, 6.07) is 5.88. The SMILES string of the molecule is Cn1ccc2c(N3CCC(COc4ccncc4)C3)ncnc21. The first kappa shape index (κ1) is 14.0. The van der Waals surface area contributed by atoms with Crippen LogP contribution < -0.4 is 9.64 Å². The number of rotatable bonds is 4. The highest BCUT2D eigenvalue weighted by atomic mass is 16.5. The van der Waals surface area contributed by atoms with Crippen LogP contribution in [0.4, 0.5) is 5.82 Å². The molecule has 0 amide bonds. The third kappa shape index (κ3) is 2.72. The molecule has 118 valence electrons. The number of fused-ring (bicyclic) bond motifs is 1. The van der Waals surface area contributed by atoms with Crippen molar-refractivity contribution in [2.45, 2.75) is 6.42 Å². The fraction of sp³-hybridized carbons (Fsp3) is 0.353. The highest BCUT2D eigenvalue weighted by molar-refractivity contribution is 5.87. The van der Waals surface area contributed by atoms with Crippen molar-refractivity contribution in [3.05, 3.63) is 43.1 Å². The zero-order valence-electron chi connectivity index (χ0n) is 13.1. The maximum Gasteiger partial charge on any atom is 0.145 e. The number of ether oxygens (including phenoxy) is 1. The fourth-order valence-electron chi connectivity index (χ4n) is 3.13. The van der Waals surface area contributed by atoms with Gasteiger partial charge in [-0.3, -0.25) is 4.98 Å². The summed E-state index contributed by atoms with van der Waals surface area (Å²) in [6.07, 6.45) is 8.30. The van der Waals surface area contributed by atoms with Crippen LogP contribution in [0.3, 0.4) is 0 Å². The van der Waals surface area contributed by atoms with Gasteiger partial charge in [0.2, 0.25) is 0 Å². The number of hydrogen-bond acceptors (Lipinski definition) is 5. The third-order valence-corrected chi connectivity index (χ3v) is 4.36. The van der Waals surface area contributed by atoms with E-state index in [1.807, 2.05) is 29.9 Å². The van der Waals surface area contributed by atoms with Crippen molar-refractivity contribution in [1.29, 1.82) is 0 Å². The zero-order valence-corrected chi connectivity index (χ0v) is 13.1. The average Bonchev–Trinajstić information content (AvgIpc) is 3.21. The molecular weight excluding hydrogens is 290 g/mol. The molecule has 4 heterocycles. The van der Waals surface area contributed by atoms with Gasteiger partial charge in [-0.2, -0.15) is 0 Å². The lowest BCUT2D eigenvalue weighted by Crippen LogP contribution is -2.23. The summed E-state index contributed by atoms with van der Waals surface area (Å²) in [7, 11) is 2.01. The Balaban J connectivity index is 1.45. The Bertz CT molecular complexity index is 801. The number of pyridine rings is 1. The average molecular weight is 309 g/mol. The van der Waals surface area contributed by atoms with Crippen LogP contribution in [0.5, 0.6) is 5.75 Å². The van der Waals surface area contributed by atoms with Crippen LogP contribution >= 0.6 is 0 Å². The molecule has 6 nitrogen and oxygen atoms in total. The molecule has 3 aromatic heterocycles. The summed E-state index contributed by atoms with van der Waals surface area (Å²) in [5.74, 6) is 2.42. The number of aryl methyl sites for hydroxylation is 1. The van der Waals surface area contributed by atoms with Gasteiger partial charge in [0.05, 0.1) is 12.0 Å². The predicted octanol–water partition coefficient (Wildman–Crippen LogP) is 2.27. The van der Waals surface area contributed by atoms with Crippen LogP contribution in [0, 0.1) is 5.92 Å². The Morgan fingerprint density at radius 1 is 1.22 bits per heavy atom. The smallest absolute Gasteiger partial charge is 0.145 e. The Kier molecular flexibility index (Phi) is 3.57. The molecule has 1 aliphatic heterocycles. The normalized spacial score (nSPS) is 17.8. The van der Waals surface area contributed by atoms with Crippen molar-refractivity contribution in [2.24, 2.45) is 13.0 Å². The van der Waals surface area contributed by atoms with Gasteiger partial charge in [-0.05, 0) is 24.6 Å². The molecule has 0 radical (unpaired) electrons. The van der Waals surface area contributed by atoms with E-state index in [0.717, 1.165) is 48.7 Å². The van der Waals surface area contributed by atoms with Gasteiger partial charge in [0.1, 0.15) is 23.5 Å². The topological polar surface area (TPSA) is 56.1 Å². The standard InChI is InChI=1S/C17H19N5O/c1-21-8-5-15-16(21)19-12-20-17(15)22-9-4-13(10-22)11-23-14-2-6-18-7-3-14/h2-3,5-8,12-13H,4,9-11H2,1H3. The molecule has 1 saturated heterocycles. The molecular formula is C17H19N5O. The van der Waals surface area contributed by atoms with Gasteiger partial charge < -0.3 is 14.2 Å². The van der Waals surface area contributed by atoms with Crippen LogP contribution in [-0.2, 0) is 7.05 Å². The summed E-state index contributed by atoms with van der Waals surface area (Å²) in [6.45, 7) is 2.70. The van der Waals surface area contributed by atoms with Crippen LogP contribution in [0.1, 0.15) is 6.42 Å². The molecule has 6 heteroatoms. The summed E-state index contributed by atoms with van der Waals surface area (Å²) in [4.78, 5) is 15.2. The molecule has 0 saturated carbocycles. The van der Waals surface area contributed by atoms with Crippen molar-refractivity contribution in [3.8, 4) is 5.75 Å². The maximum atomic E-state index is 5.86. The highest BCUT2D eigenvalue weighted by Crippen LogP contribution is 2.28. The molecule has 0 aromatic carbocycles. The molecule has 23 heavy (non-hydrogen) atoms. The summed E-state index contributed by atoms with van der Waals surface area (Å²) < 4.78 is 7.89. The maximum absolute atomic E-state index is 5.86. The first-order valence-corrected chi connectivity index (χ1v) is 7.85. The Hall–Kier alpha value is -2.63. The first-order chi connectivity index (χ1) is 11.3. The van der Waals surface area contributed by atoms with Crippen LogP contribution in [0.25, 0.3) is 11.0 Å². The van der Waals surface area contributed by atoms with Gasteiger partial charge in [0.15, 0.2) is 0 Å². The molecule has 1 atom stereocenters. The van der Waals surface area contributed by atoms with Gasteiger partial charge in [-0.1, -0.05) is 0 Å². The molecule has 1 fully saturated rings. The van der Waals surface area contributed by atoms with Gasteiger partial charge in [0, 0.05) is 44.6 Å². The van der Waals surface area contributed by atoms with Crippen LogP contribution in [-0.4, -0.2) is 39.2 Å². The lowest BCUT2D eigenvalue weighted by Gasteiger charge is -2.18. The fourth-order valence-corrected chi connectivity index (χ4v) is 3.13. The molecule has 0 N–H and O–H groups in total. The predicted molar refractivity (Wildman–Crippen MR) is 88.6 cm³/mol. The van der Waals surface area contributed by atoms with Gasteiger partial charge >= 0.3 is 0 Å². The molecule has 1 aliphatic rings. The van der Waals surface area contributed by atoms with E-state index in [2.05, 4.69) is 25.9 Å². The van der Waals surface area contributed by atoms with E-state index in [4.69, 9.17) is 4.74 Å². The minimum Gasteiger partial charge on any atom is -0.493 e. The van der Waals surface area contributed by atoms with Gasteiger partial charge in [-0.15, -0.1) is 0 Å². The largest absolute Gasteiger partial charge is 0.493 e. The van der Waals surface area contributed by atoms with Crippen molar-refractivity contribution < 1.29 is 4.74 Å². The quantitative estimate of drug-likeness (QED) is 0.740. The summed E-state index contributed by atoms with van der Waals surface area (Å²) >= 11 is 0. The second-order valence-corrected chi connectivity index (χ2v) is 5.96. The lowest BCUT2D eigenvalue weighted by molar-refractivity contribution is 0.261. The van der Waals surface area contributed by atoms with E-state index in [1.54, 1.807) is 18.7 Å². The van der Waals surface area contributed by atoms with Crippen molar-refractivity contribution in [3.63, 3.8) is 0 Å². The van der Waals surface area contributed by atoms with Crippen molar-refractivity contribution >= 4 is 16.9 Å². The van der Waals surface area contributed by atoms with E-state index >= 15 is 0 Å². The molecule has 0 aliphatic carbocycles. The van der Waals surface area contributed by atoms with E-state index < -0.39 is 0 Å². The van der Waals surface area contributed by atoms with E-state index in [-0.39, 0.29) is 0 Å². The molecule has 0 spiro atoms. The Morgan fingerprint density at radius 2 is 2.09 bits per heavy atom. The van der Waals surface area contributed by atoms with Crippen LogP contribution in [0.15, 0.2) is 43.1 Å². The second kappa shape index (κ2) is 5.87. The lowest BCUT2D eigenvalue weighted by atomic mass is 10.1. The summed E-state index contributed by atoms with van der Waals surface area (Å²) in [5, 5.41) is 1.12. The number of aromatic nitrogens is 4. The molecule has 0 bridgehead atoms. The highest BCUT2D eigenvalue weighted by Gasteiger charge is 2.25. The van der Waals surface area contributed by atoms with E-state index in [1.165, 1.54) is 0 Å².